The smallest absolute Gasteiger partial charge is 0.393 e. The van der Waals surface area contributed by atoms with Crippen molar-refractivity contribution in [2.24, 2.45) is 11.8 Å². The highest BCUT2D eigenvalue weighted by molar-refractivity contribution is 5.79. The predicted octanol–water partition coefficient (Wildman–Crippen LogP) is 2.09. The van der Waals surface area contributed by atoms with Crippen LogP contribution in [0.15, 0.2) is 24.3 Å². The highest BCUT2D eigenvalue weighted by Crippen LogP contribution is 2.40. The van der Waals surface area contributed by atoms with Gasteiger partial charge in [0.25, 0.3) is 0 Å². The van der Waals surface area contributed by atoms with Gasteiger partial charge in [0, 0.05) is 19.0 Å². The average molecular weight is 299 g/mol. The van der Waals surface area contributed by atoms with E-state index in [0.717, 1.165) is 18.6 Å². The molecule has 1 aromatic carbocycles. The first kappa shape index (κ1) is 14.4. The van der Waals surface area contributed by atoms with Crippen LogP contribution in [0.3, 0.4) is 0 Å². The summed E-state index contributed by atoms with van der Waals surface area (Å²) in [6.45, 7) is 1.21. The molecule has 6 heteroatoms. The van der Waals surface area contributed by atoms with Crippen LogP contribution in [-0.4, -0.2) is 35.1 Å². The second-order valence-electron chi connectivity index (χ2n) is 5.90. The van der Waals surface area contributed by atoms with Crippen molar-refractivity contribution >= 4 is 5.91 Å². The van der Waals surface area contributed by atoms with Crippen molar-refractivity contribution in [3.8, 4) is 0 Å². The SMILES string of the molecule is O=C(Cc1ccc(C(F)(F)F)cc1)N1C[C@H]2C[C@@H](O)[C@H]2C1. The van der Waals surface area contributed by atoms with E-state index in [1.54, 1.807) is 4.90 Å². The predicted molar refractivity (Wildman–Crippen MR) is 69.3 cm³/mol. The second kappa shape index (κ2) is 5.02. The van der Waals surface area contributed by atoms with Gasteiger partial charge in [0.05, 0.1) is 18.1 Å². The lowest BCUT2D eigenvalue weighted by molar-refractivity contribution is -0.137. The summed E-state index contributed by atoms with van der Waals surface area (Å²) in [5, 5.41) is 9.57. The second-order valence-corrected chi connectivity index (χ2v) is 5.90. The molecule has 1 amide bonds. The van der Waals surface area contributed by atoms with Gasteiger partial charge in [0.2, 0.25) is 5.91 Å². The van der Waals surface area contributed by atoms with Gasteiger partial charge < -0.3 is 10.0 Å². The lowest BCUT2D eigenvalue weighted by atomic mass is 9.74. The molecular weight excluding hydrogens is 283 g/mol. The van der Waals surface area contributed by atoms with Crippen molar-refractivity contribution in [1.82, 2.24) is 4.90 Å². The summed E-state index contributed by atoms with van der Waals surface area (Å²) in [4.78, 5) is 13.9. The molecule has 0 radical (unpaired) electrons. The Labute approximate surface area is 120 Å². The number of hydrogen-bond donors (Lipinski definition) is 1. The van der Waals surface area contributed by atoms with Crippen molar-refractivity contribution in [3.63, 3.8) is 0 Å². The van der Waals surface area contributed by atoms with E-state index in [1.807, 2.05) is 0 Å². The molecule has 1 aliphatic carbocycles. The zero-order valence-corrected chi connectivity index (χ0v) is 11.3. The Kier molecular flexibility index (Phi) is 3.43. The summed E-state index contributed by atoms with van der Waals surface area (Å²) in [6.07, 6.45) is -3.81. The van der Waals surface area contributed by atoms with Gasteiger partial charge in [-0.15, -0.1) is 0 Å². The zero-order chi connectivity index (χ0) is 15.2. The van der Waals surface area contributed by atoms with Gasteiger partial charge in [-0.3, -0.25) is 4.79 Å². The minimum Gasteiger partial charge on any atom is -0.393 e. The number of carbonyl (C=O) groups excluding carboxylic acids is 1. The molecule has 0 bridgehead atoms. The number of amides is 1. The number of rotatable bonds is 2. The fourth-order valence-corrected chi connectivity index (χ4v) is 3.17. The average Bonchev–Trinajstić information content (AvgIpc) is 2.76. The number of fused-ring (bicyclic) bond motifs is 1. The number of halogens is 3. The van der Waals surface area contributed by atoms with E-state index >= 15 is 0 Å². The van der Waals surface area contributed by atoms with Crippen LogP contribution in [0.1, 0.15) is 17.5 Å². The maximum Gasteiger partial charge on any atom is 0.416 e. The largest absolute Gasteiger partial charge is 0.416 e. The van der Waals surface area contributed by atoms with Crippen LogP contribution >= 0.6 is 0 Å². The van der Waals surface area contributed by atoms with E-state index in [4.69, 9.17) is 0 Å². The van der Waals surface area contributed by atoms with Crippen molar-refractivity contribution in [2.45, 2.75) is 25.1 Å². The molecule has 3 atom stereocenters. The molecule has 1 N–H and O–H groups in total. The quantitative estimate of drug-likeness (QED) is 0.908. The Bertz CT molecular complexity index is 541. The van der Waals surface area contributed by atoms with Gasteiger partial charge in [0.1, 0.15) is 0 Å². The van der Waals surface area contributed by atoms with Gasteiger partial charge >= 0.3 is 6.18 Å². The van der Waals surface area contributed by atoms with Crippen LogP contribution in [0.2, 0.25) is 0 Å². The van der Waals surface area contributed by atoms with E-state index in [2.05, 4.69) is 0 Å². The third-order valence-corrected chi connectivity index (χ3v) is 4.52. The molecular formula is C15H16F3NO2. The minimum atomic E-state index is -4.35. The Morgan fingerprint density at radius 1 is 1.24 bits per heavy atom. The molecule has 1 saturated heterocycles. The van der Waals surface area contributed by atoms with Crippen LogP contribution in [0.5, 0.6) is 0 Å². The summed E-state index contributed by atoms with van der Waals surface area (Å²) in [5.74, 6) is 0.481. The highest BCUT2D eigenvalue weighted by atomic mass is 19.4. The van der Waals surface area contributed by atoms with Crippen LogP contribution in [0.25, 0.3) is 0 Å². The first-order valence-corrected chi connectivity index (χ1v) is 6.96. The van der Waals surface area contributed by atoms with Crippen LogP contribution in [0.4, 0.5) is 13.2 Å². The molecule has 2 fully saturated rings. The highest BCUT2D eigenvalue weighted by Gasteiger charge is 2.47. The van der Waals surface area contributed by atoms with Crippen molar-refractivity contribution in [3.05, 3.63) is 35.4 Å². The first-order valence-electron chi connectivity index (χ1n) is 6.96. The van der Waals surface area contributed by atoms with Gasteiger partial charge in [-0.1, -0.05) is 12.1 Å². The Morgan fingerprint density at radius 2 is 1.90 bits per heavy atom. The number of aliphatic hydroxyl groups excluding tert-OH is 1. The molecule has 1 saturated carbocycles. The standard InChI is InChI=1S/C15H16F3NO2/c16-15(17,18)11-3-1-9(2-4-11)5-14(21)19-7-10-6-13(20)12(10)8-19/h1-4,10,12-13,20H,5-8H2/t10-,12+,13-/m1/s1. The summed E-state index contributed by atoms with van der Waals surface area (Å²) >= 11 is 0. The van der Waals surface area contributed by atoms with Crippen molar-refractivity contribution in [1.29, 1.82) is 0 Å². The van der Waals surface area contributed by atoms with Gasteiger partial charge in [-0.25, -0.2) is 0 Å². The van der Waals surface area contributed by atoms with E-state index < -0.39 is 11.7 Å². The lowest BCUT2D eigenvalue weighted by Crippen LogP contribution is -2.39. The number of hydrogen-bond acceptors (Lipinski definition) is 2. The third kappa shape index (κ3) is 2.77. The molecule has 3 nitrogen and oxygen atoms in total. The Balaban J connectivity index is 1.60. The summed E-state index contributed by atoms with van der Waals surface area (Å²) in [5.41, 5.74) is -0.131. The van der Waals surface area contributed by atoms with Crippen molar-refractivity contribution in [2.75, 3.05) is 13.1 Å². The van der Waals surface area contributed by atoms with Gasteiger partial charge in [0.15, 0.2) is 0 Å². The van der Waals surface area contributed by atoms with Crippen LogP contribution in [-0.2, 0) is 17.4 Å². The molecule has 1 heterocycles. The van der Waals surface area contributed by atoms with Gasteiger partial charge in [-0.2, -0.15) is 13.2 Å². The maximum atomic E-state index is 12.5. The topological polar surface area (TPSA) is 40.5 Å². The molecule has 1 aromatic rings. The number of alkyl halides is 3. The van der Waals surface area contributed by atoms with E-state index in [1.165, 1.54) is 12.1 Å². The summed E-state index contributed by atoms with van der Waals surface area (Å²) in [7, 11) is 0. The summed E-state index contributed by atoms with van der Waals surface area (Å²) < 4.78 is 37.4. The number of benzene rings is 1. The molecule has 3 rings (SSSR count). The Hall–Kier alpha value is -1.56. The molecule has 0 aromatic heterocycles. The normalized spacial score (nSPS) is 28.2. The van der Waals surface area contributed by atoms with Crippen LogP contribution < -0.4 is 0 Å². The third-order valence-electron chi connectivity index (χ3n) is 4.52. The molecule has 114 valence electrons. The van der Waals surface area contributed by atoms with E-state index in [-0.39, 0.29) is 24.3 Å². The van der Waals surface area contributed by atoms with Crippen molar-refractivity contribution < 1.29 is 23.1 Å². The first-order chi connectivity index (χ1) is 9.84. The van der Waals surface area contributed by atoms with Gasteiger partial charge in [-0.05, 0) is 30.0 Å². The molecule has 2 aliphatic rings. The fourth-order valence-electron chi connectivity index (χ4n) is 3.17. The van der Waals surface area contributed by atoms with E-state index in [9.17, 15) is 23.1 Å². The fraction of sp³-hybridized carbons (Fsp3) is 0.533. The van der Waals surface area contributed by atoms with Crippen LogP contribution in [0, 0.1) is 11.8 Å². The molecule has 21 heavy (non-hydrogen) atoms. The number of aliphatic hydroxyl groups is 1. The molecule has 0 unspecified atom stereocenters. The number of carbonyl (C=O) groups is 1. The lowest BCUT2D eigenvalue weighted by Gasteiger charge is -2.34. The maximum absolute atomic E-state index is 12.5. The number of likely N-dealkylation sites (tertiary alicyclic amines) is 1. The molecule has 0 spiro atoms. The minimum absolute atomic E-state index is 0.0867. The summed E-state index contributed by atoms with van der Waals surface area (Å²) in [6, 6.07) is 4.70. The van der Waals surface area contributed by atoms with E-state index in [0.29, 0.717) is 24.6 Å². The Morgan fingerprint density at radius 3 is 2.43 bits per heavy atom. The monoisotopic (exact) mass is 299 g/mol. The zero-order valence-electron chi connectivity index (χ0n) is 11.3. The number of nitrogens with zero attached hydrogens (tertiary/aromatic N) is 1. The molecule has 1 aliphatic heterocycles.